The highest BCUT2D eigenvalue weighted by Gasteiger charge is 2.17. The average Bonchev–Trinajstić information content (AvgIpc) is 3.65. The number of carbonyl (C=O) groups excluding carboxylic acids is 1. The van der Waals surface area contributed by atoms with Crippen LogP contribution in [0.2, 0.25) is 0 Å². The summed E-state index contributed by atoms with van der Waals surface area (Å²) in [7, 11) is -3.57. The summed E-state index contributed by atoms with van der Waals surface area (Å²) >= 11 is 0. The van der Waals surface area contributed by atoms with Crippen molar-refractivity contribution in [2.45, 2.75) is 37.5 Å². The molecule has 0 atom stereocenters. The zero-order valence-electron chi connectivity index (χ0n) is 30.5. The van der Waals surface area contributed by atoms with Crippen molar-refractivity contribution in [3.8, 4) is 12.0 Å². The molecule has 55 heavy (non-hydrogen) atoms. The lowest BCUT2D eigenvalue weighted by Crippen LogP contribution is -2.31. The van der Waals surface area contributed by atoms with Gasteiger partial charge in [0.05, 0.1) is 51.3 Å². The van der Waals surface area contributed by atoms with Gasteiger partial charge in [-0.3, -0.25) is 9.36 Å². The van der Waals surface area contributed by atoms with Gasteiger partial charge in [-0.1, -0.05) is 42.8 Å². The molecule has 0 aliphatic heterocycles. The Balaban J connectivity index is 1.07. The average molecular weight is 752 g/mol. The van der Waals surface area contributed by atoms with Gasteiger partial charge in [-0.15, -0.1) is 0 Å². The van der Waals surface area contributed by atoms with E-state index in [2.05, 4.69) is 31.2 Å². The van der Waals surface area contributed by atoms with Crippen molar-refractivity contribution >= 4 is 56.1 Å². The van der Waals surface area contributed by atoms with E-state index < -0.39 is 9.84 Å². The van der Waals surface area contributed by atoms with E-state index in [9.17, 15) is 13.2 Å². The second-order valence-electron chi connectivity index (χ2n) is 12.9. The quantitative estimate of drug-likeness (QED) is 0.0392. The first kappa shape index (κ1) is 38.3. The highest BCUT2D eigenvalue weighted by Crippen LogP contribution is 2.24. The van der Waals surface area contributed by atoms with Crippen molar-refractivity contribution in [1.82, 2.24) is 9.97 Å². The number of hydrogen-bond donors (Lipinski definition) is 0. The predicted octanol–water partition coefficient (Wildman–Crippen LogP) is 8.33. The maximum Gasteiger partial charge on any atom is 0.302 e. The summed E-state index contributed by atoms with van der Waals surface area (Å²) in [6, 6.07) is 35.1. The molecule has 12 heteroatoms. The first-order valence-corrected chi connectivity index (χ1v) is 19.7. The Kier molecular flexibility index (Phi) is 12.9. The molecule has 0 amide bonds. The zero-order chi connectivity index (χ0) is 38.5. The second-order valence-corrected chi connectivity index (χ2v) is 15.0. The van der Waals surface area contributed by atoms with Crippen LogP contribution in [0.3, 0.4) is 0 Å². The summed E-state index contributed by atoms with van der Waals surface area (Å²) in [6.07, 6.45) is 11.2. The molecule has 6 rings (SSSR count). The Bertz CT molecular complexity index is 2370. The number of anilines is 1. The maximum absolute atomic E-state index is 13.5. The molecule has 278 valence electrons. The largest absolute Gasteiger partial charge is 0.466 e. The Morgan fingerprint density at radius 3 is 2.11 bits per heavy atom. The van der Waals surface area contributed by atoms with Gasteiger partial charge >= 0.3 is 5.97 Å². The van der Waals surface area contributed by atoms with Crippen LogP contribution in [0, 0.1) is 11.3 Å². The monoisotopic (exact) mass is 751 g/mol. The van der Waals surface area contributed by atoms with Crippen molar-refractivity contribution in [3.63, 3.8) is 0 Å². The number of unbranched alkanes of at least 4 members (excludes halogenated alkanes) is 3. The van der Waals surface area contributed by atoms with E-state index in [4.69, 9.17) is 10.00 Å². The maximum atomic E-state index is 13.5. The number of sulfone groups is 1. The first-order chi connectivity index (χ1) is 26.8. The SMILES string of the molecule is CC(=O)OCCCCCCN(CCS(=O)(=O)c1ccc(/C=C/c2cc[n+](-c3nc4ccccc4[n-]3)cc2)cc1)c1ccc(N=Nc2ccc(C#N)cc2)cc1. The van der Waals surface area contributed by atoms with Crippen molar-refractivity contribution in [1.29, 1.82) is 5.26 Å². The smallest absolute Gasteiger partial charge is 0.302 e. The third kappa shape index (κ3) is 11.0. The van der Waals surface area contributed by atoms with Crippen LogP contribution in [0.5, 0.6) is 0 Å². The van der Waals surface area contributed by atoms with Gasteiger partial charge in [-0.2, -0.15) is 15.5 Å². The van der Waals surface area contributed by atoms with Crippen molar-refractivity contribution < 1.29 is 22.5 Å². The van der Waals surface area contributed by atoms with Gasteiger partial charge in [0.1, 0.15) is 0 Å². The van der Waals surface area contributed by atoms with Crippen molar-refractivity contribution in [2.75, 3.05) is 30.3 Å². The Labute approximate surface area is 321 Å². The van der Waals surface area contributed by atoms with Gasteiger partial charge in [-0.05, 0) is 115 Å². The number of aromatic nitrogens is 3. The van der Waals surface area contributed by atoms with Gasteiger partial charge < -0.3 is 9.64 Å². The number of rotatable bonds is 17. The van der Waals surface area contributed by atoms with Crippen LogP contribution in [-0.2, 0) is 19.4 Å². The number of imidazole rings is 1. The number of carbonyl (C=O) groups is 1. The van der Waals surface area contributed by atoms with E-state index >= 15 is 0 Å². The van der Waals surface area contributed by atoms with Gasteiger partial charge in [0.25, 0.3) is 0 Å². The summed E-state index contributed by atoms with van der Waals surface area (Å²) in [6.45, 7) is 2.78. The number of benzene rings is 4. The van der Waals surface area contributed by atoms with E-state index in [1.54, 1.807) is 36.4 Å². The molecular formula is C43H41N7O4S. The first-order valence-electron chi connectivity index (χ1n) is 18.1. The van der Waals surface area contributed by atoms with Gasteiger partial charge in [0.2, 0.25) is 5.95 Å². The van der Waals surface area contributed by atoms with Crippen LogP contribution >= 0.6 is 0 Å². The molecule has 0 spiro atoms. The van der Waals surface area contributed by atoms with Crippen LogP contribution in [0.1, 0.15) is 49.3 Å². The second kappa shape index (κ2) is 18.5. The molecule has 4 aromatic carbocycles. The highest BCUT2D eigenvalue weighted by atomic mass is 32.2. The molecule has 0 fully saturated rings. The van der Waals surface area contributed by atoms with Crippen molar-refractivity contribution in [3.05, 3.63) is 138 Å². The van der Waals surface area contributed by atoms with Crippen LogP contribution < -0.4 is 14.5 Å². The Morgan fingerprint density at radius 2 is 1.45 bits per heavy atom. The molecule has 0 bridgehead atoms. The van der Waals surface area contributed by atoms with Gasteiger partial charge in [0.15, 0.2) is 9.84 Å². The number of azo groups is 1. The van der Waals surface area contributed by atoms with Crippen molar-refractivity contribution in [2.24, 2.45) is 10.2 Å². The number of nitrogens with zero attached hydrogens (tertiary/aromatic N) is 7. The molecular weight excluding hydrogens is 711 g/mol. The molecule has 0 aliphatic carbocycles. The topological polar surface area (TPSA) is 143 Å². The Morgan fingerprint density at radius 1 is 0.818 bits per heavy atom. The lowest BCUT2D eigenvalue weighted by molar-refractivity contribution is -0.603. The minimum atomic E-state index is -3.57. The third-order valence-corrected chi connectivity index (χ3v) is 10.6. The highest BCUT2D eigenvalue weighted by molar-refractivity contribution is 7.91. The van der Waals surface area contributed by atoms with E-state index in [1.165, 1.54) is 6.92 Å². The molecule has 0 saturated heterocycles. The number of fused-ring (bicyclic) bond motifs is 1. The van der Waals surface area contributed by atoms with E-state index in [0.717, 1.165) is 53.5 Å². The number of esters is 1. The third-order valence-electron chi connectivity index (χ3n) is 8.87. The van der Waals surface area contributed by atoms with E-state index in [1.807, 2.05) is 102 Å². The minimum Gasteiger partial charge on any atom is -0.466 e. The van der Waals surface area contributed by atoms with E-state index in [-0.39, 0.29) is 16.6 Å². The number of ether oxygens (including phenoxy) is 1. The number of hydrogen-bond acceptors (Lipinski definition) is 9. The van der Waals surface area contributed by atoms with Gasteiger partial charge in [-0.25, -0.2) is 18.4 Å². The molecule has 0 radical (unpaired) electrons. The molecule has 2 heterocycles. The molecule has 0 unspecified atom stereocenters. The summed E-state index contributed by atoms with van der Waals surface area (Å²) < 4.78 is 34.0. The fourth-order valence-electron chi connectivity index (χ4n) is 5.81. The number of para-hydroxylation sites is 2. The summed E-state index contributed by atoms with van der Waals surface area (Å²) in [5.74, 6) is 0.280. The van der Waals surface area contributed by atoms with Crippen LogP contribution in [0.25, 0.3) is 29.1 Å². The van der Waals surface area contributed by atoms with Crippen LogP contribution in [-0.4, -0.2) is 44.8 Å². The lowest BCUT2D eigenvalue weighted by atomic mass is 10.1. The zero-order valence-corrected chi connectivity index (χ0v) is 31.3. The summed E-state index contributed by atoms with van der Waals surface area (Å²) in [5.41, 5.74) is 6.29. The van der Waals surface area contributed by atoms with Gasteiger partial charge in [0, 0.05) is 38.1 Å². The summed E-state index contributed by atoms with van der Waals surface area (Å²) in [5, 5.41) is 17.6. The number of pyridine rings is 1. The molecule has 0 aliphatic rings. The summed E-state index contributed by atoms with van der Waals surface area (Å²) in [4.78, 5) is 22.6. The van der Waals surface area contributed by atoms with Crippen LogP contribution in [0.4, 0.5) is 17.1 Å². The normalized spacial score (nSPS) is 11.6. The standard InChI is InChI=1S/C43H41N7O4S/c1-33(51)54-30-7-3-2-6-26-49(39-20-18-38(19-21-39)48-47-37-16-12-36(32-44)13-17-37)29-31-55(52,53)40-22-14-34(15-23-40)10-11-35-24-27-50(28-25-35)43-45-41-8-4-5-9-42(41)46-43/h4-5,8-25,27-28H,2-3,6-7,26,29-31H2,1H3/b11-10+,48-47?. The molecule has 0 saturated carbocycles. The fourth-order valence-corrected chi connectivity index (χ4v) is 7.06. The minimum absolute atomic E-state index is 0.0541. The van der Waals surface area contributed by atoms with E-state index in [0.29, 0.717) is 42.6 Å². The Hall–Kier alpha value is -6.45. The predicted molar refractivity (Wildman–Crippen MR) is 213 cm³/mol. The van der Waals surface area contributed by atoms with Crippen LogP contribution in [0.15, 0.2) is 137 Å². The lowest BCUT2D eigenvalue weighted by Gasteiger charge is -2.25. The fraction of sp³-hybridized carbons (Fsp3) is 0.209. The molecule has 11 nitrogen and oxygen atoms in total. The molecule has 6 aromatic rings. The molecule has 2 aromatic heterocycles. The molecule has 0 N–H and O–H groups in total. The number of nitriles is 1.